The van der Waals surface area contributed by atoms with Crippen molar-refractivity contribution in [3.8, 4) is 23.3 Å². The number of carbonyl (C=O) groups is 1. The summed E-state index contributed by atoms with van der Waals surface area (Å²) in [5.74, 6) is -1.37. The molecule has 0 saturated carbocycles. The molecule has 1 fully saturated rings. The van der Waals surface area contributed by atoms with E-state index in [2.05, 4.69) is 9.97 Å². The number of carboxylic acid groups (broad SMARTS) is 1. The van der Waals surface area contributed by atoms with Crippen LogP contribution in [-0.2, 0) is 4.74 Å². The number of ether oxygens (including phenoxy) is 2. The van der Waals surface area contributed by atoms with Crippen LogP contribution in [0.2, 0.25) is 0 Å². The molecular formula is C15H12N4O4. The lowest BCUT2D eigenvalue weighted by Gasteiger charge is -2.26. The van der Waals surface area contributed by atoms with Crippen LogP contribution in [-0.4, -0.2) is 40.4 Å². The summed E-state index contributed by atoms with van der Waals surface area (Å²) in [6.45, 7) is 0.727. The number of carboxylic acids is 1. The maximum atomic E-state index is 11.4. The Bertz CT molecular complexity index is 812. The summed E-state index contributed by atoms with van der Waals surface area (Å²) in [4.78, 5) is 19.5. The van der Waals surface area contributed by atoms with Crippen LogP contribution >= 0.6 is 0 Å². The average Bonchev–Trinajstić information content (AvgIpc) is 2.50. The quantitative estimate of drug-likeness (QED) is 0.857. The van der Waals surface area contributed by atoms with Crippen molar-refractivity contribution in [3.05, 3.63) is 35.4 Å². The van der Waals surface area contributed by atoms with Gasteiger partial charge in [0.25, 0.3) is 0 Å². The first kappa shape index (κ1) is 14.7. The predicted molar refractivity (Wildman–Crippen MR) is 78.8 cm³/mol. The van der Waals surface area contributed by atoms with Crippen LogP contribution in [0.3, 0.4) is 0 Å². The highest BCUT2D eigenvalue weighted by molar-refractivity contribution is 5.95. The lowest BCUT2D eigenvalue weighted by atomic mass is 10.1. The first-order valence-corrected chi connectivity index (χ1v) is 6.74. The zero-order chi connectivity index (χ0) is 16.4. The average molecular weight is 312 g/mol. The number of benzene rings is 1. The summed E-state index contributed by atoms with van der Waals surface area (Å²) >= 11 is 0. The van der Waals surface area contributed by atoms with Gasteiger partial charge >= 0.3 is 5.97 Å². The van der Waals surface area contributed by atoms with Crippen molar-refractivity contribution in [2.75, 3.05) is 18.9 Å². The molecule has 116 valence electrons. The molecule has 0 aliphatic carbocycles. The van der Waals surface area contributed by atoms with Crippen molar-refractivity contribution < 1.29 is 19.4 Å². The molecule has 1 saturated heterocycles. The number of hydrogen-bond acceptors (Lipinski definition) is 7. The number of nitriles is 1. The molecule has 0 amide bonds. The molecule has 1 aromatic heterocycles. The minimum atomic E-state index is -1.27. The molecule has 2 heterocycles. The number of rotatable bonds is 4. The van der Waals surface area contributed by atoms with E-state index in [0.29, 0.717) is 24.3 Å². The van der Waals surface area contributed by atoms with Crippen molar-refractivity contribution in [3.63, 3.8) is 0 Å². The zero-order valence-electron chi connectivity index (χ0n) is 11.9. The Hall–Kier alpha value is -3.18. The van der Waals surface area contributed by atoms with Crippen molar-refractivity contribution >= 4 is 11.8 Å². The Kier molecular flexibility index (Phi) is 3.78. The van der Waals surface area contributed by atoms with Crippen LogP contribution in [0.5, 0.6) is 5.88 Å². The Morgan fingerprint density at radius 1 is 1.43 bits per heavy atom. The third-order valence-electron chi connectivity index (χ3n) is 3.25. The summed E-state index contributed by atoms with van der Waals surface area (Å²) in [6, 6.07) is 8.63. The molecule has 1 aliphatic rings. The van der Waals surface area contributed by atoms with E-state index in [0.717, 1.165) is 0 Å². The monoisotopic (exact) mass is 312 g/mol. The summed E-state index contributed by atoms with van der Waals surface area (Å²) in [6.07, 6.45) is -0.263. The fourth-order valence-electron chi connectivity index (χ4n) is 2.04. The van der Waals surface area contributed by atoms with E-state index in [1.165, 1.54) is 0 Å². The van der Waals surface area contributed by atoms with Gasteiger partial charge in [-0.2, -0.15) is 10.2 Å². The smallest absolute Gasteiger partial charge is 0.345 e. The Morgan fingerprint density at radius 3 is 2.83 bits per heavy atom. The van der Waals surface area contributed by atoms with Crippen molar-refractivity contribution in [2.45, 2.75) is 6.10 Å². The molecular weight excluding hydrogens is 300 g/mol. The zero-order valence-corrected chi connectivity index (χ0v) is 11.9. The molecule has 8 nitrogen and oxygen atoms in total. The van der Waals surface area contributed by atoms with E-state index in [-0.39, 0.29) is 29.2 Å². The van der Waals surface area contributed by atoms with Gasteiger partial charge in [0.05, 0.1) is 24.8 Å². The van der Waals surface area contributed by atoms with E-state index >= 15 is 0 Å². The lowest BCUT2D eigenvalue weighted by Crippen LogP contribution is -2.39. The van der Waals surface area contributed by atoms with Gasteiger partial charge in [-0.25, -0.2) is 9.78 Å². The van der Waals surface area contributed by atoms with Gasteiger partial charge in [-0.15, -0.1) is 0 Å². The molecule has 0 spiro atoms. The van der Waals surface area contributed by atoms with Crippen LogP contribution in [0.4, 0.5) is 5.82 Å². The van der Waals surface area contributed by atoms with Gasteiger partial charge in [0.15, 0.2) is 11.4 Å². The molecule has 1 aromatic carbocycles. The van der Waals surface area contributed by atoms with Gasteiger partial charge in [-0.1, -0.05) is 12.1 Å². The highest BCUT2D eigenvalue weighted by Crippen LogP contribution is 2.27. The van der Waals surface area contributed by atoms with Crippen LogP contribution in [0.15, 0.2) is 24.3 Å². The van der Waals surface area contributed by atoms with Gasteiger partial charge in [-0.3, -0.25) is 0 Å². The highest BCUT2D eigenvalue weighted by atomic mass is 16.6. The van der Waals surface area contributed by atoms with Crippen LogP contribution in [0, 0.1) is 11.3 Å². The second-order valence-corrected chi connectivity index (χ2v) is 4.89. The standard InChI is InChI=1S/C15H12N4O4/c16-5-8-2-1-3-9(4-8)13-18-12(17)11(15(20)21)14(19-13)23-10-6-22-7-10/h1-4,10H,6-7H2,(H,20,21)(H2,17,18,19). The first-order valence-electron chi connectivity index (χ1n) is 6.74. The summed E-state index contributed by atoms with van der Waals surface area (Å²) in [5, 5.41) is 18.2. The molecule has 0 bridgehead atoms. The predicted octanol–water partition coefficient (Wildman–Crippen LogP) is 1.07. The normalized spacial score (nSPS) is 13.9. The highest BCUT2D eigenvalue weighted by Gasteiger charge is 2.27. The number of aromatic nitrogens is 2. The van der Waals surface area contributed by atoms with Crippen molar-refractivity contribution in [1.29, 1.82) is 5.26 Å². The van der Waals surface area contributed by atoms with E-state index in [9.17, 15) is 9.90 Å². The maximum Gasteiger partial charge on any atom is 0.345 e. The van der Waals surface area contributed by atoms with E-state index < -0.39 is 5.97 Å². The van der Waals surface area contributed by atoms with Gasteiger partial charge in [-0.05, 0) is 12.1 Å². The van der Waals surface area contributed by atoms with Crippen LogP contribution in [0.25, 0.3) is 11.4 Å². The Balaban J connectivity index is 2.07. The van der Waals surface area contributed by atoms with Gasteiger partial charge in [0, 0.05) is 5.56 Å². The molecule has 0 radical (unpaired) electrons. The maximum absolute atomic E-state index is 11.4. The summed E-state index contributed by atoms with van der Waals surface area (Å²) in [7, 11) is 0. The van der Waals surface area contributed by atoms with E-state index in [4.69, 9.17) is 20.5 Å². The number of aromatic carboxylic acids is 1. The molecule has 0 unspecified atom stereocenters. The van der Waals surface area contributed by atoms with Crippen molar-refractivity contribution in [1.82, 2.24) is 9.97 Å². The molecule has 23 heavy (non-hydrogen) atoms. The third kappa shape index (κ3) is 2.90. The van der Waals surface area contributed by atoms with Gasteiger partial charge in [0.2, 0.25) is 5.88 Å². The number of anilines is 1. The molecule has 3 rings (SSSR count). The molecule has 8 heteroatoms. The van der Waals surface area contributed by atoms with Gasteiger partial charge < -0.3 is 20.3 Å². The van der Waals surface area contributed by atoms with Gasteiger partial charge in [0.1, 0.15) is 11.9 Å². The second-order valence-electron chi connectivity index (χ2n) is 4.89. The van der Waals surface area contributed by atoms with Crippen LogP contribution < -0.4 is 10.5 Å². The minimum Gasteiger partial charge on any atom is -0.477 e. The first-order chi connectivity index (χ1) is 11.1. The fourth-order valence-corrected chi connectivity index (χ4v) is 2.04. The molecule has 0 atom stereocenters. The number of nitrogens with two attached hydrogens (primary N) is 1. The number of hydrogen-bond donors (Lipinski definition) is 2. The van der Waals surface area contributed by atoms with Crippen molar-refractivity contribution in [2.24, 2.45) is 0 Å². The van der Waals surface area contributed by atoms with E-state index in [1.807, 2.05) is 6.07 Å². The minimum absolute atomic E-state index is 0.101. The van der Waals surface area contributed by atoms with E-state index in [1.54, 1.807) is 24.3 Å². The molecule has 1 aliphatic heterocycles. The number of nitrogen functional groups attached to an aromatic ring is 1. The molecule has 3 N–H and O–H groups in total. The Morgan fingerprint density at radius 2 is 2.22 bits per heavy atom. The molecule has 2 aromatic rings. The fraction of sp³-hybridized carbons (Fsp3) is 0.200. The Labute approximate surface area is 131 Å². The summed E-state index contributed by atoms with van der Waals surface area (Å²) < 4.78 is 10.5. The lowest BCUT2D eigenvalue weighted by molar-refractivity contribution is -0.0815. The third-order valence-corrected chi connectivity index (χ3v) is 3.25. The number of nitrogens with zero attached hydrogens (tertiary/aromatic N) is 3. The van der Waals surface area contributed by atoms with Crippen LogP contribution in [0.1, 0.15) is 15.9 Å². The second kappa shape index (κ2) is 5.90. The SMILES string of the molecule is N#Cc1cccc(-c2nc(N)c(C(=O)O)c(OC3COC3)n2)c1. The topological polar surface area (TPSA) is 131 Å². The largest absolute Gasteiger partial charge is 0.477 e. The summed E-state index contributed by atoms with van der Waals surface area (Å²) in [5.41, 5.74) is 6.45.